The maximum absolute atomic E-state index is 12.5. The van der Waals surface area contributed by atoms with Crippen molar-refractivity contribution >= 4 is 11.9 Å². The van der Waals surface area contributed by atoms with Gasteiger partial charge in [-0.1, -0.05) is 6.42 Å². The van der Waals surface area contributed by atoms with E-state index >= 15 is 0 Å². The van der Waals surface area contributed by atoms with Crippen molar-refractivity contribution in [3.05, 3.63) is 52.9 Å². The number of hydrogen-bond acceptors (Lipinski definition) is 6. The van der Waals surface area contributed by atoms with Gasteiger partial charge in [0, 0.05) is 25.5 Å². The van der Waals surface area contributed by atoms with Gasteiger partial charge in [-0.05, 0) is 43.9 Å². The van der Waals surface area contributed by atoms with Gasteiger partial charge < -0.3 is 9.84 Å². The van der Waals surface area contributed by atoms with Crippen LogP contribution in [0, 0.1) is 12.8 Å². The second kappa shape index (κ2) is 8.13. The van der Waals surface area contributed by atoms with Crippen LogP contribution in [0.15, 0.2) is 24.4 Å². The van der Waals surface area contributed by atoms with Crippen LogP contribution in [0.4, 0.5) is 0 Å². The van der Waals surface area contributed by atoms with Crippen LogP contribution in [-0.2, 0) is 31.5 Å². The van der Waals surface area contributed by atoms with E-state index in [1.54, 1.807) is 20.1 Å². The average molecular weight is 412 g/mol. The van der Waals surface area contributed by atoms with Crippen LogP contribution < -0.4 is 0 Å². The number of aromatic nitrogens is 6. The highest BCUT2D eigenvalue weighted by atomic mass is 16.5. The monoisotopic (exact) mass is 412 g/mol. The van der Waals surface area contributed by atoms with Crippen LogP contribution in [-0.4, -0.2) is 46.4 Å². The van der Waals surface area contributed by atoms with Gasteiger partial charge in [0.2, 0.25) is 0 Å². The number of aromatic carboxylic acids is 1. The van der Waals surface area contributed by atoms with Crippen LogP contribution in [0.5, 0.6) is 0 Å². The summed E-state index contributed by atoms with van der Waals surface area (Å²) < 4.78 is 10.5. The Hall–Kier alpha value is -3.43. The van der Waals surface area contributed by atoms with E-state index in [4.69, 9.17) is 4.74 Å². The van der Waals surface area contributed by atoms with Crippen molar-refractivity contribution in [1.82, 2.24) is 29.3 Å². The van der Waals surface area contributed by atoms with E-state index in [1.807, 2.05) is 26.2 Å². The van der Waals surface area contributed by atoms with Crippen LogP contribution in [0.25, 0.3) is 0 Å². The Morgan fingerprint density at radius 3 is 2.57 bits per heavy atom. The molecule has 0 aromatic carbocycles. The Kier molecular flexibility index (Phi) is 5.39. The number of rotatable bonds is 8. The molecule has 4 rings (SSSR count). The topological polar surface area (TPSA) is 117 Å². The molecular formula is C20H24N6O4. The summed E-state index contributed by atoms with van der Waals surface area (Å²) >= 11 is 0. The molecule has 3 aromatic rings. The standard InChI is InChI=1S/C20H24N6O4/c1-13-8-18(23-25(13)11-15-6-7-24(2)21-15)20(29)30-12-16-9-17(19(27)28)22-26(16)10-14-4-3-5-14/h6-9,14H,3-5,10-12H2,1-2H3,(H,27,28). The Labute approximate surface area is 173 Å². The summed E-state index contributed by atoms with van der Waals surface area (Å²) in [4.78, 5) is 23.8. The van der Waals surface area contributed by atoms with Gasteiger partial charge in [0.15, 0.2) is 11.4 Å². The zero-order valence-corrected chi connectivity index (χ0v) is 17.0. The number of ether oxygens (including phenoxy) is 1. The Bertz CT molecular complexity index is 1080. The fraction of sp³-hybridized carbons (Fsp3) is 0.450. The highest BCUT2D eigenvalue weighted by Gasteiger charge is 2.22. The highest BCUT2D eigenvalue weighted by Crippen LogP contribution is 2.28. The van der Waals surface area contributed by atoms with Crippen molar-refractivity contribution in [2.45, 2.75) is 45.9 Å². The molecule has 0 atom stereocenters. The molecule has 0 unspecified atom stereocenters. The number of aryl methyl sites for hydroxylation is 2. The molecule has 1 N–H and O–H groups in total. The maximum atomic E-state index is 12.5. The van der Waals surface area contributed by atoms with Crippen LogP contribution in [0.2, 0.25) is 0 Å². The summed E-state index contributed by atoms with van der Waals surface area (Å²) in [7, 11) is 1.84. The van der Waals surface area contributed by atoms with Crippen molar-refractivity contribution in [2.24, 2.45) is 13.0 Å². The summed E-state index contributed by atoms with van der Waals surface area (Å²) in [6.07, 6.45) is 5.24. The molecule has 3 aromatic heterocycles. The van der Waals surface area contributed by atoms with Gasteiger partial charge in [-0.15, -0.1) is 0 Å². The average Bonchev–Trinajstić information content (AvgIpc) is 3.36. The molecule has 0 radical (unpaired) electrons. The minimum Gasteiger partial charge on any atom is -0.476 e. The number of nitrogens with zero attached hydrogens (tertiary/aromatic N) is 6. The fourth-order valence-corrected chi connectivity index (χ4v) is 3.44. The van der Waals surface area contributed by atoms with Crippen molar-refractivity contribution in [3.63, 3.8) is 0 Å². The van der Waals surface area contributed by atoms with Crippen molar-refractivity contribution in [3.8, 4) is 0 Å². The first-order valence-corrected chi connectivity index (χ1v) is 9.89. The third-order valence-corrected chi connectivity index (χ3v) is 5.36. The lowest BCUT2D eigenvalue weighted by Crippen LogP contribution is -2.21. The van der Waals surface area contributed by atoms with Gasteiger partial charge in [0.25, 0.3) is 0 Å². The van der Waals surface area contributed by atoms with Crippen molar-refractivity contribution < 1.29 is 19.4 Å². The molecule has 1 fully saturated rings. The largest absolute Gasteiger partial charge is 0.476 e. The summed E-state index contributed by atoms with van der Waals surface area (Å²) in [6, 6.07) is 5.02. The van der Waals surface area contributed by atoms with Crippen LogP contribution in [0.3, 0.4) is 0 Å². The third-order valence-electron chi connectivity index (χ3n) is 5.36. The second-order valence-electron chi connectivity index (χ2n) is 7.69. The van der Waals surface area contributed by atoms with Crippen molar-refractivity contribution in [2.75, 3.05) is 0 Å². The molecule has 3 heterocycles. The number of hydrogen-bond donors (Lipinski definition) is 1. The number of esters is 1. The first kappa shape index (κ1) is 19.9. The zero-order valence-electron chi connectivity index (χ0n) is 17.0. The Balaban J connectivity index is 1.43. The molecule has 10 heteroatoms. The fourth-order valence-electron chi connectivity index (χ4n) is 3.44. The molecule has 158 valence electrons. The minimum absolute atomic E-state index is 0.0455. The number of carbonyl (C=O) groups is 2. The molecule has 30 heavy (non-hydrogen) atoms. The summed E-state index contributed by atoms with van der Waals surface area (Å²) in [5, 5.41) is 22.0. The molecule has 0 amide bonds. The molecule has 0 spiro atoms. The van der Waals surface area contributed by atoms with Crippen molar-refractivity contribution in [1.29, 1.82) is 0 Å². The number of carboxylic acids is 1. The predicted octanol–water partition coefficient (Wildman–Crippen LogP) is 2.03. The summed E-state index contributed by atoms with van der Waals surface area (Å²) in [5.41, 5.74) is 2.38. The smallest absolute Gasteiger partial charge is 0.359 e. The molecular weight excluding hydrogens is 388 g/mol. The first-order chi connectivity index (χ1) is 14.4. The third kappa shape index (κ3) is 4.27. The lowest BCUT2D eigenvalue weighted by Gasteiger charge is -2.25. The molecule has 0 saturated heterocycles. The Morgan fingerprint density at radius 2 is 1.93 bits per heavy atom. The molecule has 0 aliphatic heterocycles. The lowest BCUT2D eigenvalue weighted by atomic mass is 9.85. The van der Waals surface area contributed by atoms with E-state index in [0.29, 0.717) is 24.7 Å². The highest BCUT2D eigenvalue weighted by molar-refractivity contribution is 5.87. The SMILES string of the molecule is Cc1cc(C(=O)OCc2cc(C(=O)O)nn2CC2CCC2)nn1Cc1ccn(C)n1. The van der Waals surface area contributed by atoms with Gasteiger partial charge in [0.05, 0.1) is 17.9 Å². The quantitative estimate of drug-likeness (QED) is 0.563. The normalized spacial score (nSPS) is 13.9. The first-order valence-electron chi connectivity index (χ1n) is 9.89. The zero-order chi connectivity index (χ0) is 21.3. The molecule has 1 aliphatic carbocycles. The van der Waals surface area contributed by atoms with Crippen LogP contribution >= 0.6 is 0 Å². The number of carbonyl (C=O) groups excluding carboxylic acids is 1. The van der Waals surface area contributed by atoms with Gasteiger partial charge in [-0.25, -0.2) is 9.59 Å². The van der Waals surface area contributed by atoms with E-state index in [-0.39, 0.29) is 18.0 Å². The predicted molar refractivity (Wildman–Crippen MR) is 105 cm³/mol. The maximum Gasteiger partial charge on any atom is 0.359 e. The molecule has 1 aliphatic rings. The van der Waals surface area contributed by atoms with Gasteiger partial charge >= 0.3 is 11.9 Å². The van der Waals surface area contributed by atoms with Crippen LogP contribution in [0.1, 0.15) is 57.3 Å². The van der Waals surface area contributed by atoms with Gasteiger partial charge in [-0.3, -0.25) is 14.0 Å². The number of carboxylic acid groups (broad SMARTS) is 1. The van der Waals surface area contributed by atoms with Gasteiger partial charge in [-0.2, -0.15) is 15.3 Å². The Morgan fingerprint density at radius 1 is 1.17 bits per heavy atom. The molecule has 10 nitrogen and oxygen atoms in total. The summed E-state index contributed by atoms with van der Waals surface area (Å²) in [6.45, 7) is 2.89. The van der Waals surface area contributed by atoms with E-state index in [1.165, 1.54) is 12.5 Å². The lowest BCUT2D eigenvalue weighted by molar-refractivity contribution is 0.0451. The van der Waals surface area contributed by atoms with E-state index in [0.717, 1.165) is 24.2 Å². The minimum atomic E-state index is -1.10. The second-order valence-corrected chi connectivity index (χ2v) is 7.69. The van der Waals surface area contributed by atoms with Gasteiger partial charge in [0.1, 0.15) is 6.61 Å². The summed E-state index contributed by atoms with van der Waals surface area (Å²) in [5.74, 6) is -1.17. The molecule has 1 saturated carbocycles. The van der Waals surface area contributed by atoms with E-state index in [2.05, 4.69) is 15.3 Å². The molecule has 0 bridgehead atoms. The van der Waals surface area contributed by atoms with E-state index in [9.17, 15) is 14.7 Å². The van der Waals surface area contributed by atoms with E-state index < -0.39 is 11.9 Å².